The average Bonchev–Trinajstić information content (AvgIpc) is 2.33. The molecule has 0 aliphatic carbocycles. The number of hydrogen-bond acceptors (Lipinski definition) is 4. The van der Waals surface area contributed by atoms with Crippen molar-refractivity contribution in [3.8, 4) is 0 Å². The topological polar surface area (TPSA) is 125 Å². The summed E-state index contributed by atoms with van der Waals surface area (Å²) in [5.41, 5.74) is 4.95. The number of carbonyl (C=O) groups is 3. The molecule has 0 unspecified atom stereocenters. The highest BCUT2D eigenvalue weighted by molar-refractivity contribution is 5.83. The monoisotopic (exact) mass is 274 g/mol. The van der Waals surface area contributed by atoms with E-state index in [0.717, 1.165) is 13.0 Å². The highest BCUT2D eigenvalue weighted by atomic mass is 16.4. The zero-order valence-corrected chi connectivity index (χ0v) is 11.3. The largest absolute Gasteiger partial charge is 0.480 e. The molecular weight excluding hydrogens is 252 g/mol. The lowest BCUT2D eigenvalue weighted by molar-refractivity contribution is -0.139. The number of rotatable bonds is 9. The van der Waals surface area contributed by atoms with Crippen molar-refractivity contribution >= 4 is 17.9 Å². The molecule has 0 fully saturated rings. The van der Waals surface area contributed by atoms with E-state index >= 15 is 0 Å². The number of carboxylic acid groups (broad SMARTS) is 1. The van der Waals surface area contributed by atoms with Gasteiger partial charge in [-0.05, 0) is 26.4 Å². The van der Waals surface area contributed by atoms with Gasteiger partial charge in [-0.3, -0.25) is 4.79 Å². The van der Waals surface area contributed by atoms with E-state index in [2.05, 4.69) is 10.6 Å². The van der Waals surface area contributed by atoms with Crippen molar-refractivity contribution in [1.29, 1.82) is 0 Å². The number of hydrogen-bond donors (Lipinski definition) is 4. The van der Waals surface area contributed by atoms with Gasteiger partial charge in [0, 0.05) is 20.0 Å². The molecule has 110 valence electrons. The molecule has 0 saturated heterocycles. The second-order valence-electron chi connectivity index (χ2n) is 4.22. The molecule has 0 saturated carbocycles. The first kappa shape index (κ1) is 17.2. The SMILES string of the molecule is CNCCCN(C)C(=O)N[C@@H](CCC(N)=O)C(=O)O. The van der Waals surface area contributed by atoms with Crippen LogP contribution in [0.2, 0.25) is 0 Å². The zero-order valence-electron chi connectivity index (χ0n) is 11.3. The molecule has 0 heterocycles. The molecule has 0 bridgehead atoms. The molecule has 3 amide bonds. The van der Waals surface area contributed by atoms with Crippen molar-refractivity contribution in [1.82, 2.24) is 15.5 Å². The Hall–Kier alpha value is -1.83. The summed E-state index contributed by atoms with van der Waals surface area (Å²) in [5, 5.41) is 14.2. The number of nitrogens with one attached hydrogen (secondary N) is 2. The summed E-state index contributed by atoms with van der Waals surface area (Å²) in [6, 6.07) is -1.58. The predicted molar refractivity (Wildman–Crippen MR) is 69.6 cm³/mol. The molecule has 19 heavy (non-hydrogen) atoms. The smallest absolute Gasteiger partial charge is 0.326 e. The highest BCUT2D eigenvalue weighted by Crippen LogP contribution is 1.99. The second kappa shape index (κ2) is 9.15. The fraction of sp³-hybridized carbons (Fsp3) is 0.727. The Morgan fingerprint density at radius 1 is 1.37 bits per heavy atom. The van der Waals surface area contributed by atoms with E-state index in [4.69, 9.17) is 10.8 Å². The number of amides is 3. The van der Waals surface area contributed by atoms with Crippen LogP contribution in [0.15, 0.2) is 0 Å². The first-order valence-electron chi connectivity index (χ1n) is 6.05. The third-order valence-electron chi connectivity index (χ3n) is 2.54. The lowest BCUT2D eigenvalue weighted by Crippen LogP contribution is -2.47. The van der Waals surface area contributed by atoms with E-state index in [1.54, 1.807) is 7.05 Å². The van der Waals surface area contributed by atoms with Gasteiger partial charge in [-0.25, -0.2) is 9.59 Å². The van der Waals surface area contributed by atoms with Crippen LogP contribution >= 0.6 is 0 Å². The first-order chi connectivity index (χ1) is 8.88. The maximum Gasteiger partial charge on any atom is 0.326 e. The Kier molecular flexibility index (Phi) is 8.27. The Morgan fingerprint density at radius 3 is 2.47 bits per heavy atom. The third kappa shape index (κ3) is 7.98. The number of nitrogens with zero attached hydrogens (tertiary/aromatic N) is 1. The third-order valence-corrected chi connectivity index (χ3v) is 2.54. The maximum atomic E-state index is 11.7. The molecule has 8 heteroatoms. The number of aliphatic carboxylic acids is 1. The van der Waals surface area contributed by atoms with Gasteiger partial charge in [0.25, 0.3) is 0 Å². The highest BCUT2D eigenvalue weighted by Gasteiger charge is 2.21. The van der Waals surface area contributed by atoms with Crippen LogP contribution in [0.1, 0.15) is 19.3 Å². The zero-order chi connectivity index (χ0) is 14.8. The van der Waals surface area contributed by atoms with Gasteiger partial charge < -0.3 is 26.4 Å². The van der Waals surface area contributed by atoms with Gasteiger partial charge in [-0.15, -0.1) is 0 Å². The van der Waals surface area contributed by atoms with Crippen molar-refractivity contribution < 1.29 is 19.5 Å². The molecule has 0 spiro atoms. The predicted octanol–water partition coefficient (Wildman–Crippen LogP) is -1.04. The molecule has 0 aliphatic heterocycles. The number of urea groups is 1. The molecule has 0 aromatic carbocycles. The molecule has 0 rings (SSSR count). The van der Waals surface area contributed by atoms with E-state index < -0.39 is 23.9 Å². The van der Waals surface area contributed by atoms with Gasteiger partial charge in [0.2, 0.25) is 5.91 Å². The van der Waals surface area contributed by atoms with Crippen molar-refractivity contribution in [2.75, 3.05) is 27.2 Å². The van der Waals surface area contributed by atoms with Crippen molar-refractivity contribution in [2.45, 2.75) is 25.3 Å². The fourth-order valence-corrected chi connectivity index (χ4v) is 1.40. The fourth-order valence-electron chi connectivity index (χ4n) is 1.40. The first-order valence-corrected chi connectivity index (χ1v) is 6.05. The molecular formula is C11H22N4O4. The van der Waals surface area contributed by atoms with Crippen LogP contribution in [0.4, 0.5) is 4.79 Å². The lowest BCUT2D eigenvalue weighted by Gasteiger charge is -2.21. The summed E-state index contributed by atoms with van der Waals surface area (Å²) in [5.74, 6) is -1.78. The minimum atomic E-state index is -1.18. The van der Waals surface area contributed by atoms with Crippen LogP contribution in [0.25, 0.3) is 0 Å². The summed E-state index contributed by atoms with van der Waals surface area (Å²) >= 11 is 0. The molecule has 0 aromatic heterocycles. The van der Waals surface area contributed by atoms with Crippen molar-refractivity contribution in [3.05, 3.63) is 0 Å². The number of carboxylic acids is 1. The van der Waals surface area contributed by atoms with Crippen LogP contribution in [0, 0.1) is 0 Å². The number of nitrogens with two attached hydrogens (primary N) is 1. The van der Waals surface area contributed by atoms with Gasteiger partial charge >= 0.3 is 12.0 Å². The van der Waals surface area contributed by atoms with Gasteiger partial charge in [-0.2, -0.15) is 0 Å². The van der Waals surface area contributed by atoms with Crippen LogP contribution in [-0.4, -0.2) is 61.1 Å². The Balaban J connectivity index is 4.22. The summed E-state index contributed by atoms with van der Waals surface area (Å²) in [6.07, 6.45) is 0.668. The average molecular weight is 274 g/mol. The molecule has 0 aliphatic rings. The Bertz CT molecular complexity index is 322. The van der Waals surface area contributed by atoms with Gasteiger partial charge in [0.1, 0.15) is 6.04 Å². The molecule has 0 radical (unpaired) electrons. The number of carbonyl (C=O) groups excluding carboxylic acids is 2. The van der Waals surface area contributed by atoms with E-state index in [9.17, 15) is 14.4 Å². The summed E-state index contributed by atoms with van der Waals surface area (Å²) in [6.45, 7) is 1.27. The van der Waals surface area contributed by atoms with Crippen molar-refractivity contribution in [2.24, 2.45) is 5.73 Å². The molecule has 1 atom stereocenters. The van der Waals surface area contributed by atoms with E-state index in [1.165, 1.54) is 4.90 Å². The Morgan fingerprint density at radius 2 is 2.00 bits per heavy atom. The molecule has 8 nitrogen and oxygen atoms in total. The molecule has 5 N–H and O–H groups in total. The minimum absolute atomic E-state index is 0.0131. The van der Waals surface area contributed by atoms with Crippen LogP contribution in [-0.2, 0) is 9.59 Å². The van der Waals surface area contributed by atoms with Crippen LogP contribution in [0.3, 0.4) is 0 Å². The van der Waals surface area contributed by atoms with Crippen LogP contribution in [0.5, 0.6) is 0 Å². The summed E-state index contributed by atoms with van der Waals surface area (Å²) < 4.78 is 0. The summed E-state index contributed by atoms with van der Waals surface area (Å²) in [7, 11) is 3.39. The van der Waals surface area contributed by atoms with Gasteiger partial charge in [0.15, 0.2) is 0 Å². The second-order valence-corrected chi connectivity index (χ2v) is 4.22. The van der Waals surface area contributed by atoms with E-state index in [1.807, 2.05) is 7.05 Å². The van der Waals surface area contributed by atoms with Gasteiger partial charge in [-0.1, -0.05) is 0 Å². The molecule has 0 aromatic rings. The number of primary amides is 1. The quantitative estimate of drug-likeness (QED) is 0.399. The normalized spacial score (nSPS) is 11.7. The maximum absolute atomic E-state index is 11.7. The van der Waals surface area contributed by atoms with E-state index in [-0.39, 0.29) is 12.8 Å². The van der Waals surface area contributed by atoms with E-state index in [0.29, 0.717) is 6.54 Å². The van der Waals surface area contributed by atoms with Crippen molar-refractivity contribution in [3.63, 3.8) is 0 Å². The summed E-state index contributed by atoms with van der Waals surface area (Å²) in [4.78, 5) is 34.7. The lowest BCUT2D eigenvalue weighted by atomic mass is 10.1. The minimum Gasteiger partial charge on any atom is -0.480 e. The van der Waals surface area contributed by atoms with Crippen LogP contribution < -0.4 is 16.4 Å². The standard InChI is InChI=1S/C11H22N4O4/c1-13-6-3-7-15(2)11(19)14-8(10(17)18)4-5-9(12)16/h8,13H,3-7H2,1-2H3,(H2,12,16)(H,14,19)(H,17,18)/t8-/m0/s1. The Labute approximate surface area is 112 Å². The van der Waals surface area contributed by atoms with Gasteiger partial charge in [0.05, 0.1) is 0 Å².